The molecular weight excluding hydrogens is 420 g/mol. The zero-order chi connectivity index (χ0) is 22.2. The van der Waals surface area contributed by atoms with E-state index in [0.717, 1.165) is 18.2 Å². The van der Waals surface area contributed by atoms with Crippen molar-refractivity contribution in [1.29, 1.82) is 0 Å². The summed E-state index contributed by atoms with van der Waals surface area (Å²) >= 11 is 6.03. The number of carbonyl (C=O) groups is 3. The highest BCUT2D eigenvalue weighted by Crippen LogP contribution is 2.32. The van der Waals surface area contributed by atoms with Gasteiger partial charge in [-0.25, -0.2) is 13.6 Å². The summed E-state index contributed by atoms with van der Waals surface area (Å²) in [6.07, 6.45) is 0. The number of hydrogen-bond acceptors (Lipinski definition) is 4. The Bertz CT molecular complexity index is 1060. The van der Waals surface area contributed by atoms with Gasteiger partial charge < -0.3 is 15.4 Å². The maximum Gasteiger partial charge on any atom is 0.325 e. The highest BCUT2D eigenvalue weighted by molar-refractivity contribution is 6.31. The predicted molar refractivity (Wildman–Crippen MR) is 105 cm³/mol. The van der Waals surface area contributed by atoms with Gasteiger partial charge in [0.1, 0.15) is 29.5 Å². The standard InChI is InChI=1S/C20H18ClF2N3O4/c1-10-6-15(16(30-3)8-13(10)21)24-17(27)9-26-18(28)20(2,25-19(26)29)12-7-11(22)4-5-14(12)23/h4-8H,9H2,1-3H3,(H,24,27)(H,25,29)/t20-/m1/s1. The van der Waals surface area contributed by atoms with Crippen molar-refractivity contribution in [3.63, 3.8) is 0 Å². The van der Waals surface area contributed by atoms with E-state index < -0.39 is 41.6 Å². The van der Waals surface area contributed by atoms with Crippen molar-refractivity contribution >= 4 is 35.1 Å². The minimum Gasteiger partial charge on any atom is -0.495 e. The van der Waals surface area contributed by atoms with Gasteiger partial charge in [0.15, 0.2) is 0 Å². The van der Waals surface area contributed by atoms with E-state index in [1.165, 1.54) is 20.1 Å². The molecule has 2 aromatic carbocycles. The van der Waals surface area contributed by atoms with E-state index in [4.69, 9.17) is 16.3 Å². The summed E-state index contributed by atoms with van der Waals surface area (Å²) in [6, 6.07) is 4.79. The number of nitrogens with zero attached hydrogens (tertiary/aromatic N) is 1. The van der Waals surface area contributed by atoms with Crippen LogP contribution in [0.1, 0.15) is 18.1 Å². The summed E-state index contributed by atoms with van der Waals surface area (Å²) in [4.78, 5) is 38.3. The van der Waals surface area contributed by atoms with Crippen molar-refractivity contribution in [2.75, 3.05) is 19.0 Å². The second kappa shape index (κ2) is 7.91. The van der Waals surface area contributed by atoms with Crippen LogP contribution in [0.3, 0.4) is 0 Å². The van der Waals surface area contributed by atoms with Crippen LogP contribution in [0, 0.1) is 18.6 Å². The number of urea groups is 1. The van der Waals surface area contributed by atoms with Gasteiger partial charge in [0.2, 0.25) is 5.91 Å². The molecule has 0 radical (unpaired) electrons. The Morgan fingerprint density at radius 3 is 2.63 bits per heavy atom. The molecule has 1 saturated heterocycles. The van der Waals surface area contributed by atoms with Crippen molar-refractivity contribution in [2.24, 2.45) is 0 Å². The molecule has 7 nitrogen and oxygen atoms in total. The second-order valence-electron chi connectivity index (χ2n) is 6.92. The molecule has 4 amide bonds. The monoisotopic (exact) mass is 437 g/mol. The average molecular weight is 438 g/mol. The summed E-state index contributed by atoms with van der Waals surface area (Å²) in [6.45, 7) is 2.34. The van der Waals surface area contributed by atoms with E-state index in [9.17, 15) is 23.2 Å². The Morgan fingerprint density at radius 1 is 1.27 bits per heavy atom. The van der Waals surface area contributed by atoms with E-state index in [0.29, 0.717) is 26.9 Å². The van der Waals surface area contributed by atoms with Crippen LogP contribution < -0.4 is 15.4 Å². The van der Waals surface area contributed by atoms with Crippen molar-refractivity contribution < 1.29 is 27.9 Å². The second-order valence-corrected chi connectivity index (χ2v) is 7.33. The Balaban J connectivity index is 1.82. The van der Waals surface area contributed by atoms with Crippen LogP contribution in [-0.2, 0) is 15.1 Å². The number of nitrogens with one attached hydrogen (secondary N) is 2. The predicted octanol–water partition coefficient (Wildman–Crippen LogP) is 3.34. The molecular formula is C20H18ClF2N3O4. The molecule has 2 N–H and O–H groups in total. The Morgan fingerprint density at radius 2 is 1.97 bits per heavy atom. The number of carbonyl (C=O) groups excluding carboxylic acids is 3. The van der Waals surface area contributed by atoms with Gasteiger partial charge in [-0.1, -0.05) is 11.6 Å². The average Bonchev–Trinajstić information content (AvgIpc) is 2.90. The van der Waals surface area contributed by atoms with Crippen molar-refractivity contribution in [3.05, 3.63) is 58.1 Å². The number of aryl methyl sites for hydroxylation is 1. The maximum absolute atomic E-state index is 14.2. The Labute approximate surface area is 175 Å². The maximum atomic E-state index is 14.2. The number of rotatable bonds is 5. The molecule has 1 fully saturated rings. The SMILES string of the molecule is COc1cc(Cl)c(C)cc1NC(=O)CN1C(=O)N[C@](C)(c2cc(F)ccc2F)C1=O. The van der Waals surface area contributed by atoms with E-state index in [-0.39, 0.29) is 5.56 Å². The number of halogens is 3. The van der Waals surface area contributed by atoms with Gasteiger partial charge in [0.05, 0.1) is 12.8 Å². The van der Waals surface area contributed by atoms with Crippen LogP contribution in [0.25, 0.3) is 0 Å². The lowest BCUT2D eigenvalue weighted by Crippen LogP contribution is -2.42. The van der Waals surface area contributed by atoms with E-state index >= 15 is 0 Å². The van der Waals surface area contributed by atoms with Gasteiger partial charge in [-0.15, -0.1) is 0 Å². The van der Waals surface area contributed by atoms with Gasteiger partial charge in [-0.3, -0.25) is 14.5 Å². The van der Waals surface area contributed by atoms with Crippen LogP contribution in [0.15, 0.2) is 30.3 Å². The molecule has 1 heterocycles. The first-order valence-corrected chi connectivity index (χ1v) is 9.18. The van der Waals surface area contributed by atoms with Gasteiger partial charge in [0.25, 0.3) is 5.91 Å². The summed E-state index contributed by atoms with van der Waals surface area (Å²) in [7, 11) is 1.40. The normalized spacial score (nSPS) is 18.4. The van der Waals surface area contributed by atoms with Gasteiger partial charge in [-0.05, 0) is 43.7 Å². The molecule has 1 atom stereocenters. The minimum absolute atomic E-state index is 0.294. The van der Waals surface area contributed by atoms with E-state index in [1.54, 1.807) is 13.0 Å². The van der Waals surface area contributed by atoms with Gasteiger partial charge in [-0.2, -0.15) is 0 Å². The first-order valence-electron chi connectivity index (χ1n) is 8.80. The molecule has 0 aliphatic carbocycles. The summed E-state index contributed by atoms with van der Waals surface area (Å²) in [5.74, 6) is -2.91. The zero-order valence-electron chi connectivity index (χ0n) is 16.3. The highest BCUT2D eigenvalue weighted by Gasteiger charge is 2.50. The molecule has 0 unspecified atom stereocenters. The third-order valence-electron chi connectivity index (χ3n) is 4.80. The Kier molecular flexibility index (Phi) is 5.67. The number of amides is 4. The molecule has 0 aromatic heterocycles. The highest BCUT2D eigenvalue weighted by atomic mass is 35.5. The molecule has 158 valence electrons. The van der Waals surface area contributed by atoms with Crippen LogP contribution >= 0.6 is 11.6 Å². The largest absolute Gasteiger partial charge is 0.495 e. The lowest BCUT2D eigenvalue weighted by atomic mass is 9.91. The van der Waals surface area contributed by atoms with Crippen molar-refractivity contribution in [1.82, 2.24) is 10.2 Å². The van der Waals surface area contributed by atoms with Crippen LogP contribution in [0.5, 0.6) is 5.75 Å². The topological polar surface area (TPSA) is 87.7 Å². The molecule has 0 bridgehead atoms. The van der Waals surface area contributed by atoms with Gasteiger partial charge >= 0.3 is 6.03 Å². The van der Waals surface area contributed by atoms with Crippen LogP contribution in [0.2, 0.25) is 5.02 Å². The lowest BCUT2D eigenvalue weighted by Gasteiger charge is -2.22. The number of methoxy groups -OCH3 is 1. The molecule has 3 rings (SSSR count). The molecule has 1 aliphatic rings. The lowest BCUT2D eigenvalue weighted by molar-refractivity contribution is -0.133. The molecule has 0 spiro atoms. The molecule has 0 saturated carbocycles. The number of benzene rings is 2. The van der Waals surface area contributed by atoms with E-state index in [2.05, 4.69) is 10.6 Å². The third kappa shape index (κ3) is 3.80. The first kappa shape index (κ1) is 21.5. The number of hydrogen-bond donors (Lipinski definition) is 2. The fourth-order valence-electron chi connectivity index (χ4n) is 3.17. The fraction of sp³-hybridized carbons (Fsp3) is 0.250. The molecule has 2 aromatic rings. The third-order valence-corrected chi connectivity index (χ3v) is 5.21. The van der Waals surface area contributed by atoms with E-state index in [1.807, 2.05) is 0 Å². The summed E-state index contributed by atoms with van der Waals surface area (Å²) in [5.41, 5.74) is -1.20. The minimum atomic E-state index is -1.85. The fourth-order valence-corrected chi connectivity index (χ4v) is 3.32. The summed E-state index contributed by atoms with van der Waals surface area (Å²) < 4.78 is 33.0. The first-order chi connectivity index (χ1) is 14.1. The smallest absolute Gasteiger partial charge is 0.325 e. The van der Waals surface area contributed by atoms with Gasteiger partial charge in [0, 0.05) is 16.7 Å². The number of anilines is 1. The number of imide groups is 1. The molecule has 30 heavy (non-hydrogen) atoms. The summed E-state index contributed by atoms with van der Waals surface area (Å²) in [5, 5.41) is 5.32. The number of ether oxygens (including phenoxy) is 1. The van der Waals surface area contributed by atoms with Crippen molar-refractivity contribution in [2.45, 2.75) is 19.4 Å². The van der Waals surface area contributed by atoms with Crippen LogP contribution in [-0.4, -0.2) is 36.4 Å². The van der Waals surface area contributed by atoms with Crippen molar-refractivity contribution in [3.8, 4) is 5.75 Å². The molecule has 10 heteroatoms. The zero-order valence-corrected chi connectivity index (χ0v) is 17.1. The quantitative estimate of drug-likeness (QED) is 0.702. The Hall–Kier alpha value is -3.20. The molecule has 1 aliphatic heterocycles. The van der Waals surface area contributed by atoms with Crippen LogP contribution in [0.4, 0.5) is 19.3 Å².